The summed E-state index contributed by atoms with van der Waals surface area (Å²) in [6.07, 6.45) is -0.420. The van der Waals surface area contributed by atoms with Crippen LogP contribution in [-0.2, 0) is 15.0 Å². The third-order valence-corrected chi connectivity index (χ3v) is 4.05. The molecule has 112 valence electrons. The minimum absolute atomic E-state index is 0.314. The van der Waals surface area contributed by atoms with Crippen molar-refractivity contribution in [3.63, 3.8) is 0 Å². The highest BCUT2D eigenvalue weighted by Gasteiger charge is 2.22. The van der Waals surface area contributed by atoms with E-state index in [9.17, 15) is 22.0 Å². The summed E-state index contributed by atoms with van der Waals surface area (Å²) < 4.78 is 52.4. The number of hydrogen-bond donors (Lipinski definition) is 2. The van der Waals surface area contributed by atoms with Gasteiger partial charge in [-0.2, -0.15) is 12.7 Å². The van der Waals surface area contributed by atoms with Gasteiger partial charge in [0.1, 0.15) is 11.5 Å². The predicted octanol–water partition coefficient (Wildman–Crippen LogP) is 1.68. The average Bonchev–Trinajstić information content (AvgIpc) is 2.30. The summed E-state index contributed by atoms with van der Waals surface area (Å²) in [6, 6.07) is 1.22. The number of aliphatic carboxylic acids is 1. The van der Waals surface area contributed by atoms with E-state index in [4.69, 9.17) is 16.7 Å². The molecule has 0 spiro atoms. The van der Waals surface area contributed by atoms with Crippen LogP contribution in [0.2, 0.25) is 5.02 Å². The topological polar surface area (TPSA) is 86.7 Å². The van der Waals surface area contributed by atoms with E-state index in [1.165, 1.54) is 0 Å². The summed E-state index contributed by atoms with van der Waals surface area (Å²) in [7, 11) is -3.08. The van der Waals surface area contributed by atoms with Crippen LogP contribution >= 0.6 is 11.6 Å². The molecule has 0 saturated carbocycles. The third kappa shape index (κ3) is 4.29. The molecule has 0 aliphatic heterocycles. The first kappa shape index (κ1) is 16.6. The van der Waals surface area contributed by atoms with Gasteiger partial charge in [-0.25, -0.2) is 8.78 Å². The first-order chi connectivity index (χ1) is 9.13. The zero-order chi connectivity index (χ0) is 15.5. The molecular weight excluding hydrogens is 318 g/mol. The van der Waals surface area contributed by atoms with Gasteiger partial charge in [-0.1, -0.05) is 11.6 Å². The van der Waals surface area contributed by atoms with Gasteiger partial charge in [-0.3, -0.25) is 9.52 Å². The van der Waals surface area contributed by atoms with Gasteiger partial charge in [0, 0.05) is 19.7 Å². The Morgan fingerprint density at radius 3 is 2.55 bits per heavy atom. The SMILES string of the molecule is CN(CCC(=O)O)S(=O)(=O)Nc1c(F)cc(F)cc1Cl. The van der Waals surface area contributed by atoms with Crippen LogP contribution in [-0.4, -0.2) is 37.4 Å². The van der Waals surface area contributed by atoms with Crippen molar-refractivity contribution in [2.75, 3.05) is 18.3 Å². The van der Waals surface area contributed by atoms with Gasteiger partial charge < -0.3 is 5.11 Å². The quantitative estimate of drug-likeness (QED) is 0.832. The Morgan fingerprint density at radius 2 is 2.05 bits per heavy atom. The summed E-state index contributed by atoms with van der Waals surface area (Å²) in [4.78, 5) is 10.4. The lowest BCUT2D eigenvalue weighted by Gasteiger charge is -2.18. The van der Waals surface area contributed by atoms with Gasteiger partial charge in [-0.05, 0) is 6.07 Å². The molecule has 0 saturated heterocycles. The molecule has 0 aromatic heterocycles. The van der Waals surface area contributed by atoms with Crippen LogP contribution in [0.4, 0.5) is 14.5 Å². The maximum Gasteiger partial charge on any atom is 0.304 e. The lowest BCUT2D eigenvalue weighted by Crippen LogP contribution is -2.34. The van der Waals surface area contributed by atoms with Crippen LogP contribution in [0.1, 0.15) is 6.42 Å². The largest absolute Gasteiger partial charge is 0.481 e. The van der Waals surface area contributed by atoms with E-state index in [0.29, 0.717) is 10.4 Å². The molecule has 1 rings (SSSR count). The van der Waals surface area contributed by atoms with Crippen molar-refractivity contribution in [2.24, 2.45) is 0 Å². The number of carboxylic acid groups (broad SMARTS) is 1. The van der Waals surface area contributed by atoms with E-state index in [1.54, 1.807) is 0 Å². The molecular formula is C10H11ClF2N2O4S. The van der Waals surface area contributed by atoms with Gasteiger partial charge in [0.15, 0.2) is 5.82 Å². The number of nitrogens with one attached hydrogen (secondary N) is 1. The van der Waals surface area contributed by atoms with E-state index in [1.807, 2.05) is 4.72 Å². The molecule has 20 heavy (non-hydrogen) atoms. The number of rotatable bonds is 6. The molecule has 0 atom stereocenters. The van der Waals surface area contributed by atoms with Crippen LogP contribution < -0.4 is 4.72 Å². The zero-order valence-corrected chi connectivity index (χ0v) is 11.8. The summed E-state index contributed by atoms with van der Waals surface area (Å²) in [5.74, 6) is -3.31. The Labute approximate surface area is 119 Å². The Morgan fingerprint density at radius 1 is 1.45 bits per heavy atom. The molecule has 0 heterocycles. The number of hydrogen-bond acceptors (Lipinski definition) is 3. The lowest BCUT2D eigenvalue weighted by atomic mass is 10.3. The summed E-state index contributed by atoms with van der Waals surface area (Å²) in [6.45, 7) is -0.314. The number of halogens is 3. The molecule has 10 heteroatoms. The molecule has 0 unspecified atom stereocenters. The third-order valence-electron chi connectivity index (χ3n) is 2.29. The second-order valence-electron chi connectivity index (χ2n) is 3.82. The van der Waals surface area contributed by atoms with Gasteiger partial charge in [0.05, 0.1) is 11.4 Å². The molecule has 0 aliphatic carbocycles. The summed E-state index contributed by atoms with van der Waals surface area (Å²) >= 11 is 5.55. The highest BCUT2D eigenvalue weighted by Crippen LogP contribution is 2.27. The average molecular weight is 329 g/mol. The van der Waals surface area contributed by atoms with Gasteiger partial charge in [-0.15, -0.1) is 0 Å². The van der Waals surface area contributed by atoms with Crippen LogP contribution in [0.3, 0.4) is 0 Å². The van der Waals surface area contributed by atoms with Gasteiger partial charge >= 0.3 is 16.2 Å². The van der Waals surface area contributed by atoms with Gasteiger partial charge in [0.2, 0.25) is 0 Å². The van der Waals surface area contributed by atoms with Crippen LogP contribution in [0, 0.1) is 11.6 Å². The minimum atomic E-state index is -4.19. The molecule has 0 aliphatic rings. The Kier molecular flexibility index (Phi) is 5.26. The van der Waals surface area contributed by atoms with Crippen LogP contribution in [0.15, 0.2) is 12.1 Å². The Hall–Kier alpha value is -1.45. The molecule has 1 aromatic rings. The second kappa shape index (κ2) is 6.33. The number of carbonyl (C=O) groups is 1. The molecule has 0 fully saturated rings. The monoisotopic (exact) mass is 328 g/mol. The Balaban J connectivity index is 2.94. The molecule has 0 bridgehead atoms. The molecule has 6 nitrogen and oxygen atoms in total. The Bertz CT molecular complexity index is 601. The molecule has 0 radical (unpaired) electrons. The fourth-order valence-electron chi connectivity index (χ4n) is 1.22. The maximum absolute atomic E-state index is 13.5. The van der Waals surface area contributed by atoms with Crippen molar-refractivity contribution in [2.45, 2.75) is 6.42 Å². The van der Waals surface area contributed by atoms with E-state index in [2.05, 4.69) is 0 Å². The van der Waals surface area contributed by atoms with Crippen LogP contribution in [0.5, 0.6) is 0 Å². The normalized spacial score (nSPS) is 11.7. The minimum Gasteiger partial charge on any atom is -0.481 e. The summed E-state index contributed by atoms with van der Waals surface area (Å²) in [5, 5.41) is 8.03. The number of carboxylic acids is 1. The number of benzene rings is 1. The summed E-state index contributed by atoms with van der Waals surface area (Å²) in [5.41, 5.74) is -0.602. The molecule has 1 aromatic carbocycles. The van der Waals surface area contributed by atoms with E-state index in [-0.39, 0.29) is 6.54 Å². The molecule has 0 amide bonds. The maximum atomic E-state index is 13.5. The smallest absolute Gasteiger partial charge is 0.304 e. The fraction of sp³-hybridized carbons (Fsp3) is 0.300. The van der Waals surface area contributed by atoms with Crippen LogP contribution in [0.25, 0.3) is 0 Å². The highest BCUT2D eigenvalue weighted by molar-refractivity contribution is 7.90. The van der Waals surface area contributed by atoms with Gasteiger partial charge in [0.25, 0.3) is 0 Å². The van der Waals surface area contributed by atoms with E-state index < -0.39 is 44.9 Å². The van der Waals surface area contributed by atoms with Crippen molar-refractivity contribution in [3.8, 4) is 0 Å². The van der Waals surface area contributed by atoms with Crippen molar-refractivity contribution in [1.82, 2.24) is 4.31 Å². The first-order valence-corrected chi connectivity index (χ1v) is 7.05. The standard InChI is InChI=1S/C10H11ClF2N2O4S/c1-15(3-2-9(16)17)20(18,19)14-10-7(11)4-6(12)5-8(10)13/h4-5,14H,2-3H2,1H3,(H,16,17). The zero-order valence-electron chi connectivity index (χ0n) is 10.2. The number of anilines is 1. The first-order valence-electron chi connectivity index (χ1n) is 5.24. The van der Waals surface area contributed by atoms with Crippen molar-refractivity contribution in [3.05, 3.63) is 28.8 Å². The lowest BCUT2D eigenvalue weighted by molar-refractivity contribution is -0.137. The van der Waals surface area contributed by atoms with E-state index in [0.717, 1.165) is 13.1 Å². The number of nitrogens with zero attached hydrogens (tertiary/aromatic N) is 1. The molecule has 2 N–H and O–H groups in total. The highest BCUT2D eigenvalue weighted by atomic mass is 35.5. The van der Waals surface area contributed by atoms with Crippen molar-refractivity contribution in [1.29, 1.82) is 0 Å². The second-order valence-corrected chi connectivity index (χ2v) is 6.00. The predicted molar refractivity (Wildman–Crippen MR) is 68.8 cm³/mol. The fourth-order valence-corrected chi connectivity index (χ4v) is 2.47. The van der Waals surface area contributed by atoms with Crippen molar-refractivity contribution < 1.29 is 27.1 Å². The van der Waals surface area contributed by atoms with E-state index >= 15 is 0 Å². The van der Waals surface area contributed by atoms with Crippen molar-refractivity contribution >= 4 is 33.5 Å².